The number of thioether (sulfide) groups is 1. The fourth-order valence-electron chi connectivity index (χ4n) is 1.80. The molecule has 1 saturated heterocycles. The Balaban J connectivity index is 2.12. The molecule has 0 aliphatic carbocycles. The molecule has 1 amide bonds. The lowest BCUT2D eigenvalue weighted by atomic mass is 10.1. The molecule has 1 aliphatic rings. The third-order valence-corrected chi connectivity index (χ3v) is 3.37. The van der Waals surface area contributed by atoms with E-state index in [1.807, 2.05) is 16.7 Å². The molecule has 0 saturated carbocycles. The van der Waals surface area contributed by atoms with Crippen molar-refractivity contribution >= 4 is 17.7 Å². The van der Waals surface area contributed by atoms with Crippen LogP contribution in [0.3, 0.4) is 0 Å². The van der Waals surface area contributed by atoms with Gasteiger partial charge in [-0.25, -0.2) is 0 Å². The fraction of sp³-hybridized carbons (Fsp3) is 0.818. The Hall–Kier alpha value is -0.690. The molecule has 0 aromatic carbocycles. The maximum absolute atomic E-state index is 11.4. The summed E-state index contributed by atoms with van der Waals surface area (Å²) in [4.78, 5) is 13.3. The molecule has 1 rings (SSSR count). The Bertz CT molecular complexity index is 249. The van der Waals surface area contributed by atoms with Crippen LogP contribution < -0.4 is 0 Å². The minimum atomic E-state index is -0.0660. The van der Waals surface area contributed by atoms with Crippen LogP contribution in [0.5, 0.6) is 0 Å². The highest BCUT2D eigenvalue weighted by Crippen LogP contribution is 2.17. The van der Waals surface area contributed by atoms with E-state index in [2.05, 4.69) is 12.3 Å². The summed E-state index contributed by atoms with van der Waals surface area (Å²) in [6.45, 7) is 1.49. The molecule has 0 aromatic heterocycles. The highest BCUT2D eigenvalue weighted by atomic mass is 32.2. The number of amides is 1. The molecule has 1 atom stereocenters. The van der Waals surface area contributed by atoms with Crippen molar-refractivity contribution in [3.05, 3.63) is 0 Å². The molecule has 4 heteroatoms. The normalized spacial score (nSPS) is 20.7. The van der Waals surface area contributed by atoms with Gasteiger partial charge in [0, 0.05) is 19.5 Å². The monoisotopic (exact) mass is 226 g/mol. The first-order valence-electron chi connectivity index (χ1n) is 5.44. The molecule has 0 aromatic rings. The summed E-state index contributed by atoms with van der Waals surface area (Å²) in [6.07, 6.45) is 6.03. The zero-order valence-electron chi connectivity index (χ0n) is 9.24. The summed E-state index contributed by atoms with van der Waals surface area (Å²) in [6, 6.07) is 2.17. The Morgan fingerprint density at radius 2 is 2.33 bits per heavy atom. The molecule has 0 spiro atoms. The number of carbonyl (C=O) groups is 1. The number of carbonyl (C=O) groups excluding carboxylic acids is 1. The van der Waals surface area contributed by atoms with Crippen LogP contribution in [0, 0.1) is 17.2 Å². The zero-order valence-corrected chi connectivity index (χ0v) is 10.1. The van der Waals surface area contributed by atoms with E-state index >= 15 is 0 Å². The third kappa shape index (κ3) is 4.13. The molecule has 1 fully saturated rings. The van der Waals surface area contributed by atoms with Crippen molar-refractivity contribution in [2.75, 3.05) is 25.1 Å². The van der Waals surface area contributed by atoms with Gasteiger partial charge in [0.05, 0.1) is 12.0 Å². The summed E-state index contributed by atoms with van der Waals surface area (Å²) < 4.78 is 0. The highest BCUT2D eigenvalue weighted by molar-refractivity contribution is 7.98. The lowest BCUT2D eigenvalue weighted by Crippen LogP contribution is -2.26. The van der Waals surface area contributed by atoms with Crippen molar-refractivity contribution in [3.63, 3.8) is 0 Å². The van der Waals surface area contributed by atoms with Crippen molar-refractivity contribution < 1.29 is 4.79 Å². The van der Waals surface area contributed by atoms with Crippen LogP contribution in [0.4, 0.5) is 0 Å². The molecule has 0 bridgehead atoms. The molecule has 3 nitrogen and oxygen atoms in total. The minimum Gasteiger partial charge on any atom is -0.341 e. The van der Waals surface area contributed by atoms with Crippen molar-refractivity contribution in [2.45, 2.75) is 25.7 Å². The van der Waals surface area contributed by atoms with Crippen LogP contribution in [-0.2, 0) is 4.79 Å². The van der Waals surface area contributed by atoms with Crippen LogP contribution in [0.2, 0.25) is 0 Å². The lowest BCUT2D eigenvalue weighted by Gasteiger charge is -2.14. The maximum Gasteiger partial charge on any atom is 0.224 e. The Morgan fingerprint density at radius 1 is 1.53 bits per heavy atom. The highest BCUT2D eigenvalue weighted by Gasteiger charge is 2.28. The SMILES string of the molecule is CSCCCCCN1CC(C#N)CC1=O. The van der Waals surface area contributed by atoms with Gasteiger partial charge in [-0.15, -0.1) is 0 Å². The molecule has 1 unspecified atom stereocenters. The maximum atomic E-state index is 11.4. The Morgan fingerprint density at radius 3 is 2.93 bits per heavy atom. The van der Waals surface area contributed by atoms with Gasteiger partial charge in [0.25, 0.3) is 0 Å². The summed E-state index contributed by atoms with van der Waals surface area (Å²) in [7, 11) is 0. The minimum absolute atomic E-state index is 0.0660. The van der Waals surface area contributed by atoms with Crippen molar-refractivity contribution in [1.29, 1.82) is 5.26 Å². The summed E-state index contributed by atoms with van der Waals surface area (Å²) in [5.41, 5.74) is 0. The van der Waals surface area contributed by atoms with E-state index < -0.39 is 0 Å². The number of unbranched alkanes of at least 4 members (excludes halogenated alkanes) is 2. The first-order chi connectivity index (χ1) is 7.27. The van der Waals surface area contributed by atoms with E-state index in [0.29, 0.717) is 13.0 Å². The number of likely N-dealkylation sites (tertiary alicyclic amines) is 1. The first kappa shape index (κ1) is 12.4. The van der Waals surface area contributed by atoms with E-state index in [-0.39, 0.29) is 11.8 Å². The molecular formula is C11H18N2OS. The smallest absolute Gasteiger partial charge is 0.224 e. The largest absolute Gasteiger partial charge is 0.341 e. The van der Waals surface area contributed by atoms with E-state index in [4.69, 9.17) is 5.26 Å². The van der Waals surface area contributed by atoms with Gasteiger partial charge in [0.2, 0.25) is 5.91 Å². The second kappa shape index (κ2) is 6.73. The number of hydrogen-bond acceptors (Lipinski definition) is 3. The molecule has 1 aliphatic heterocycles. The molecule has 1 heterocycles. The van der Waals surface area contributed by atoms with Crippen LogP contribution in [0.25, 0.3) is 0 Å². The topological polar surface area (TPSA) is 44.1 Å². The van der Waals surface area contributed by atoms with Gasteiger partial charge in [0.15, 0.2) is 0 Å². The molecular weight excluding hydrogens is 208 g/mol. The molecule has 0 N–H and O–H groups in total. The van der Waals surface area contributed by atoms with Crippen molar-refractivity contribution in [3.8, 4) is 6.07 Å². The van der Waals surface area contributed by atoms with Crippen LogP contribution in [0.15, 0.2) is 0 Å². The van der Waals surface area contributed by atoms with Gasteiger partial charge in [-0.05, 0) is 24.9 Å². The standard InChI is InChI=1S/C11H18N2OS/c1-15-6-4-2-3-5-13-9-10(8-12)7-11(13)14/h10H,2-7,9H2,1H3. The van der Waals surface area contributed by atoms with Crippen LogP contribution in [-0.4, -0.2) is 35.9 Å². The summed E-state index contributed by atoms with van der Waals surface area (Å²) >= 11 is 1.87. The van der Waals surface area contributed by atoms with Crippen LogP contribution in [0.1, 0.15) is 25.7 Å². The predicted molar refractivity (Wildman–Crippen MR) is 62.5 cm³/mol. The zero-order chi connectivity index (χ0) is 11.1. The number of nitriles is 1. The number of nitrogens with zero attached hydrogens (tertiary/aromatic N) is 2. The lowest BCUT2D eigenvalue weighted by molar-refractivity contribution is -0.127. The second-order valence-corrected chi connectivity index (χ2v) is 4.91. The average Bonchev–Trinajstić information content (AvgIpc) is 2.59. The van der Waals surface area contributed by atoms with Gasteiger partial charge in [0.1, 0.15) is 0 Å². The Kier molecular flexibility index (Phi) is 5.56. The number of rotatable bonds is 6. The van der Waals surface area contributed by atoms with E-state index in [1.54, 1.807) is 0 Å². The predicted octanol–water partition coefficient (Wildman–Crippen LogP) is 1.89. The first-order valence-corrected chi connectivity index (χ1v) is 6.83. The van der Waals surface area contributed by atoms with Gasteiger partial charge < -0.3 is 4.90 Å². The second-order valence-electron chi connectivity index (χ2n) is 3.92. The molecule has 15 heavy (non-hydrogen) atoms. The average molecular weight is 226 g/mol. The molecule has 0 radical (unpaired) electrons. The third-order valence-electron chi connectivity index (χ3n) is 2.67. The van der Waals surface area contributed by atoms with E-state index in [9.17, 15) is 4.79 Å². The van der Waals surface area contributed by atoms with Gasteiger partial charge in [-0.2, -0.15) is 17.0 Å². The van der Waals surface area contributed by atoms with Gasteiger partial charge >= 0.3 is 0 Å². The van der Waals surface area contributed by atoms with Crippen LogP contribution >= 0.6 is 11.8 Å². The van der Waals surface area contributed by atoms with Crippen molar-refractivity contribution in [1.82, 2.24) is 4.90 Å². The number of hydrogen-bond donors (Lipinski definition) is 0. The van der Waals surface area contributed by atoms with Gasteiger partial charge in [-0.1, -0.05) is 6.42 Å². The summed E-state index contributed by atoms with van der Waals surface area (Å²) in [5, 5.41) is 8.71. The summed E-state index contributed by atoms with van der Waals surface area (Å²) in [5.74, 6) is 1.30. The Labute approximate surface area is 95.8 Å². The van der Waals surface area contributed by atoms with E-state index in [1.165, 1.54) is 18.6 Å². The molecule has 84 valence electrons. The van der Waals surface area contributed by atoms with Gasteiger partial charge in [-0.3, -0.25) is 4.79 Å². The van der Waals surface area contributed by atoms with Crippen molar-refractivity contribution in [2.24, 2.45) is 5.92 Å². The van der Waals surface area contributed by atoms with E-state index in [0.717, 1.165) is 13.0 Å². The fourth-order valence-corrected chi connectivity index (χ4v) is 2.29. The quantitative estimate of drug-likeness (QED) is 0.650.